The summed E-state index contributed by atoms with van der Waals surface area (Å²) in [6.07, 6.45) is 1.42. The second kappa shape index (κ2) is 2.65. The van der Waals surface area contributed by atoms with E-state index >= 15 is 0 Å². The summed E-state index contributed by atoms with van der Waals surface area (Å²) in [4.78, 5) is 22.3. The monoisotopic (exact) mass is 191 g/mol. The van der Waals surface area contributed by atoms with Crippen molar-refractivity contribution in [2.75, 3.05) is 6.54 Å². The van der Waals surface area contributed by atoms with Gasteiger partial charge in [0, 0.05) is 13.1 Å². The van der Waals surface area contributed by atoms with Gasteiger partial charge in [-0.25, -0.2) is 9.97 Å². The molecule has 1 aliphatic rings. The smallest absolute Gasteiger partial charge is 0.278 e. The predicted octanol–water partition coefficient (Wildman–Crippen LogP) is -0.777. The second-order valence-electron chi connectivity index (χ2n) is 3.26. The molecule has 0 spiro atoms. The lowest BCUT2D eigenvalue weighted by Gasteiger charge is -2.14. The summed E-state index contributed by atoms with van der Waals surface area (Å²) in [5.74, 6) is 0.885. The summed E-state index contributed by atoms with van der Waals surface area (Å²) >= 11 is 0. The van der Waals surface area contributed by atoms with Gasteiger partial charge in [0.25, 0.3) is 5.56 Å². The highest BCUT2D eigenvalue weighted by atomic mass is 16.1. The Balaban J connectivity index is 2.42. The number of hydrogen-bond donors (Lipinski definition) is 2. The minimum absolute atomic E-state index is 0.170. The fourth-order valence-corrected chi connectivity index (χ4v) is 1.75. The first kappa shape index (κ1) is 7.69. The van der Waals surface area contributed by atoms with Crippen molar-refractivity contribution in [1.29, 1.82) is 0 Å². The van der Waals surface area contributed by atoms with E-state index in [4.69, 9.17) is 0 Å². The summed E-state index contributed by atoms with van der Waals surface area (Å²) in [6.45, 7) is 2.42. The van der Waals surface area contributed by atoms with Crippen LogP contribution in [-0.4, -0.2) is 26.1 Å². The Morgan fingerprint density at radius 2 is 2.43 bits per heavy atom. The number of nitrogens with zero attached hydrogens (tertiary/aromatic N) is 3. The summed E-state index contributed by atoms with van der Waals surface area (Å²) in [5, 5.41) is 3.20. The maximum absolute atomic E-state index is 11.4. The molecule has 0 unspecified atom stereocenters. The molecule has 6 nitrogen and oxygen atoms in total. The lowest BCUT2D eigenvalue weighted by molar-refractivity contribution is 0.512. The van der Waals surface area contributed by atoms with Crippen molar-refractivity contribution in [2.45, 2.75) is 13.1 Å². The summed E-state index contributed by atoms with van der Waals surface area (Å²) < 4.78 is 1.99. The lowest BCUT2D eigenvalue weighted by atomic mass is 10.4. The molecule has 0 atom stereocenters. The molecule has 0 saturated heterocycles. The van der Waals surface area contributed by atoms with Crippen LogP contribution in [0.5, 0.6) is 0 Å². The molecule has 3 heterocycles. The van der Waals surface area contributed by atoms with E-state index in [9.17, 15) is 4.79 Å². The number of fused-ring (bicyclic) bond motifs is 3. The Morgan fingerprint density at radius 3 is 3.36 bits per heavy atom. The number of aromatic nitrogens is 4. The van der Waals surface area contributed by atoms with E-state index in [2.05, 4.69) is 20.3 Å². The van der Waals surface area contributed by atoms with Gasteiger partial charge in [0.05, 0.1) is 12.9 Å². The Kier molecular flexibility index (Phi) is 1.45. The van der Waals surface area contributed by atoms with Crippen LogP contribution in [0, 0.1) is 0 Å². The molecule has 0 aliphatic carbocycles. The average Bonchev–Trinajstić information content (AvgIpc) is 2.59. The van der Waals surface area contributed by atoms with Crippen molar-refractivity contribution < 1.29 is 0 Å². The highest BCUT2D eigenvalue weighted by Gasteiger charge is 2.16. The van der Waals surface area contributed by atoms with Crippen LogP contribution in [0.25, 0.3) is 11.2 Å². The topological polar surface area (TPSA) is 75.6 Å². The first-order valence-corrected chi connectivity index (χ1v) is 4.50. The summed E-state index contributed by atoms with van der Waals surface area (Å²) in [6, 6.07) is 0. The van der Waals surface area contributed by atoms with E-state index in [0.29, 0.717) is 17.7 Å². The van der Waals surface area contributed by atoms with Gasteiger partial charge in [-0.15, -0.1) is 0 Å². The molecule has 0 radical (unpaired) electrons. The zero-order valence-electron chi connectivity index (χ0n) is 7.45. The third kappa shape index (κ3) is 0.912. The molecular weight excluding hydrogens is 182 g/mol. The summed E-state index contributed by atoms with van der Waals surface area (Å²) in [7, 11) is 0. The van der Waals surface area contributed by atoms with E-state index in [1.165, 1.54) is 6.33 Å². The molecule has 72 valence electrons. The Labute approximate surface area is 79.0 Å². The third-order valence-electron chi connectivity index (χ3n) is 2.41. The third-order valence-corrected chi connectivity index (χ3v) is 2.41. The van der Waals surface area contributed by atoms with Gasteiger partial charge in [0.1, 0.15) is 5.82 Å². The van der Waals surface area contributed by atoms with Crippen LogP contribution in [0.15, 0.2) is 11.1 Å². The molecule has 1 aliphatic heterocycles. The summed E-state index contributed by atoms with van der Waals surface area (Å²) in [5.41, 5.74) is 0.952. The fraction of sp³-hybridized carbons (Fsp3) is 0.375. The normalized spacial score (nSPS) is 15.7. The molecule has 0 aromatic carbocycles. The highest BCUT2D eigenvalue weighted by Crippen LogP contribution is 2.11. The largest absolute Gasteiger partial charge is 0.311 e. The quantitative estimate of drug-likeness (QED) is 0.573. The molecular formula is C8H9N5O. The van der Waals surface area contributed by atoms with Gasteiger partial charge in [-0.05, 0) is 0 Å². The Hall–Kier alpha value is -1.69. The van der Waals surface area contributed by atoms with Crippen molar-refractivity contribution in [3.63, 3.8) is 0 Å². The van der Waals surface area contributed by atoms with E-state index < -0.39 is 0 Å². The van der Waals surface area contributed by atoms with Crippen LogP contribution in [0.3, 0.4) is 0 Å². The van der Waals surface area contributed by atoms with Gasteiger partial charge in [-0.3, -0.25) is 4.79 Å². The number of nitrogens with one attached hydrogen (secondary N) is 2. The first-order valence-electron chi connectivity index (χ1n) is 4.50. The van der Waals surface area contributed by atoms with Crippen molar-refractivity contribution in [3.8, 4) is 0 Å². The molecule has 2 N–H and O–H groups in total. The predicted molar refractivity (Wildman–Crippen MR) is 49.9 cm³/mol. The molecule has 0 fully saturated rings. The lowest BCUT2D eigenvalue weighted by Crippen LogP contribution is -2.28. The number of imidazole rings is 1. The maximum atomic E-state index is 11.4. The molecule has 3 rings (SSSR count). The van der Waals surface area contributed by atoms with E-state index in [1.807, 2.05) is 4.57 Å². The zero-order chi connectivity index (χ0) is 9.54. The van der Waals surface area contributed by atoms with E-state index in [0.717, 1.165) is 18.9 Å². The second-order valence-corrected chi connectivity index (χ2v) is 3.26. The van der Waals surface area contributed by atoms with Crippen LogP contribution in [0.1, 0.15) is 5.82 Å². The van der Waals surface area contributed by atoms with Gasteiger partial charge < -0.3 is 14.9 Å². The molecule has 14 heavy (non-hydrogen) atoms. The van der Waals surface area contributed by atoms with Gasteiger partial charge in [-0.2, -0.15) is 0 Å². The standard InChI is InChI=1S/C8H9N5O/c14-8-6-7(10-4-11-8)13-2-1-9-3-5(13)12-6/h4,9H,1-3H2,(H,10,11,14). The van der Waals surface area contributed by atoms with Gasteiger partial charge >= 0.3 is 0 Å². The molecule has 0 amide bonds. The minimum atomic E-state index is -0.170. The van der Waals surface area contributed by atoms with Crippen LogP contribution in [-0.2, 0) is 13.1 Å². The molecule has 0 saturated carbocycles. The van der Waals surface area contributed by atoms with E-state index in [1.54, 1.807) is 0 Å². The van der Waals surface area contributed by atoms with Gasteiger partial charge in [-0.1, -0.05) is 0 Å². The van der Waals surface area contributed by atoms with Gasteiger partial charge in [0.2, 0.25) is 0 Å². The van der Waals surface area contributed by atoms with E-state index in [-0.39, 0.29) is 5.56 Å². The van der Waals surface area contributed by atoms with Crippen LogP contribution in [0.2, 0.25) is 0 Å². The highest BCUT2D eigenvalue weighted by molar-refractivity contribution is 5.69. The minimum Gasteiger partial charge on any atom is -0.311 e. The molecule has 0 bridgehead atoms. The van der Waals surface area contributed by atoms with Crippen molar-refractivity contribution in [3.05, 3.63) is 22.5 Å². The van der Waals surface area contributed by atoms with Crippen molar-refractivity contribution in [2.24, 2.45) is 0 Å². The first-order chi connectivity index (χ1) is 6.86. The average molecular weight is 191 g/mol. The zero-order valence-corrected chi connectivity index (χ0v) is 7.45. The maximum Gasteiger partial charge on any atom is 0.278 e. The van der Waals surface area contributed by atoms with Crippen LogP contribution < -0.4 is 10.9 Å². The molecule has 6 heteroatoms. The van der Waals surface area contributed by atoms with Crippen LogP contribution in [0.4, 0.5) is 0 Å². The number of rotatable bonds is 0. The Morgan fingerprint density at radius 1 is 1.50 bits per heavy atom. The van der Waals surface area contributed by atoms with Crippen LogP contribution >= 0.6 is 0 Å². The van der Waals surface area contributed by atoms with Crippen molar-refractivity contribution >= 4 is 11.2 Å². The SMILES string of the molecule is O=c1[nH]cnc2c1nc1n2CCNC1. The fourth-order valence-electron chi connectivity index (χ4n) is 1.75. The number of H-pyrrole nitrogens is 1. The van der Waals surface area contributed by atoms with Gasteiger partial charge in [0.15, 0.2) is 11.2 Å². The number of aromatic amines is 1. The molecule has 2 aromatic rings. The number of hydrogen-bond acceptors (Lipinski definition) is 4. The van der Waals surface area contributed by atoms with Crippen molar-refractivity contribution in [1.82, 2.24) is 24.8 Å². The Bertz CT molecular complexity index is 540. The molecule has 2 aromatic heterocycles.